The highest BCUT2D eigenvalue weighted by atomic mass is 15.1. The molecule has 0 aromatic carbocycles. The number of unbranched alkanes of at least 4 members (excludes halogenated alkanes) is 20. The van der Waals surface area contributed by atoms with Crippen molar-refractivity contribution < 1.29 is 4.57 Å². The smallest absolute Gasteiger partial charge is 0.234 e. The fourth-order valence-corrected chi connectivity index (χ4v) is 5.41. The van der Waals surface area contributed by atoms with E-state index in [-0.39, 0.29) is 0 Å². The summed E-state index contributed by atoms with van der Waals surface area (Å²) in [5.41, 5.74) is 0. The Hall–Kier alpha value is -0.790. The van der Waals surface area contributed by atoms with Gasteiger partial charge >= 0.3 is 0 Å². The normalized spacial score (nSPS) is 11.7. The van der Waals surface area contributed by atoms with Crippen molar-refractivity contribution in [3.05, 3.63) is 18.2 Å². The lowest BCUT2D eigenvalue weighted by molar-refractivity contribution is -0.705. The molecule has 0 aliphatic rings. The summed E-state index contributed by atoms with van der Waals surface area (Å²) in [5, 5.41) is 0. The minimum absolute atomic E-state index is 0.607. The van der Waals surface area contributed by atoms with Gasteiger partial charge in [-0.05, 0) is 25.7 Å². The van der Waals surface area contributed by atoms with Crippen molar-refractivity contribution in [1.29, 1.82) is 0 Å². The Bertz CT molecular complexity index is 545. The lowest BCUT2D eigenvalue weighted by atomic mass is 10.0. The van der Waals surface area contributed by atoms with Crippen molar-refractivity contribution in [3.63, 3.8) is 0 Å². The molecule has 0 saturated heterocycles. The van der Waals surface area contributed by atoms with Crippen LogP contribution in [0.15, 0.2) is 12.4 Å². The zero-order chi connectivity index (χ0) is 24.7. The van der Waals surface area contributed by atoms with Gasteiger partial charge in [-0.1, -0.05) is 143 Å². The quantitative estimate of drug-likeness (QED) is 0.0981. The molecule has 0 aliphatic carbocycles. The maximum atomic E-state index is 2.55. The van der Waals surface area contributed by atoms with E-state index >= 15 is 0 Å². The van der Waals surface area contributed by atoms with E-state index in [1.807, 2.05) is 0 Å². The van der Waals surface area contributed by atoms with Crippen molar-refractivity contribution >= 4 is 0 Å². The summed E-state index contributed by atoms with van der Waals surface area (Å²) in [6, 6.07) is 0. The highest BCUT2D eigenvalue weighted by molar-refractivity contribution is 4.89. The predicted molar refractivity (Wildman–Crippen MR) is 152 cm³/mol. The van der Waals surface area contributed by atoms with E-state index in [2.05, 4.69) is 49.2 Å². The van der Waals surface area contributed by atoms with E-state index in [0.717, 1.165) is 0 Å². The zero-order valence-corrected chi connectivity index (χ0v) is 24.1. The monoisotopic (exact) mass is 475 g/mol. The van der Waals surface area contributed by atoms with Crippen LogP contribution < -0.4 is 4.57 Å². The van der Waals surface area contributed by atoms with Gasteiger partial charge in [0, 0.05) is 0 Å². The van der Waals surface area contributed by atoms with Gasteiger partial charge in [0.05, 0.1) is 19.0 Å². The van der Waals surface area contributed by atoms with E-state index in [4.69, 9.17) is 0 Å². The van der Waals surface area contributed by atoms with Gasteiger partial charge in [-0.25, -0.2) is 9.13 Å². The Labute approximate surface area is 215 Å². The second kappa shape index (κ2) is 22.7. The molecule has 1 rings (SSSR count). The molecule has 34 heavy (non-hydrogen) atoms. The van der Waals surface area contributed by atoms with E-state index < -0.39 is 0 Å². The summed E-state index contributed by atoms with van der Waals surface area (Å²) in [5.74, 6) is 2.15. The highest BCUT2D eigenvalue weighted by Gasteiger charge is 2.19. The summed E-state index contributed by atoms with van der Waals surface area (Å²) in [4.78, 5) is 0. The van der Waals surface area contributed by atoms with Crippen molar-refractivity contribution in [1.82, 2.24) is 4.57 Å². The van der Waals surface area contributed by atoms with Gasteiger partial charge in [-0.15, -0.1) is 0 Å². The first kappa shape index (κ1) is 31.2. The molecule has 2 nitrogen and oxygen atoms in total. The molecule has 0 fully saturated rings. The van der Waals surface area contributed by atoms with Crippen molar-refractivity contribution in [2.24, 2.45) is 0 Å². The number of aromatic nitrogens is 2. The minimum Gasteiger partial charge on any atom is -0.234 e. The van der Waals surface area contributed by atoms with Crippen molar-refractivity contribution in [2.45, 2.75) is 188 Å². The molecule has 1 aromatic rings. The molecule has 0 amide bonds. The van der Waals surface area contributed by atoms with Gasteiger partial charge < -0.3 is 0 Å². The third-order valence-corrected chi connectivity index (χ3v) is 7.54. The van der Waals surface area contributed by atoms with Crippen LogP contribution >= 0.6 is 0 Å². The largest absolute Gasteiger partial charge is 0.258 e. The number of hydrogen-bond acceptors (Lipinski definition) is 0. The average Bonchev–Trinajstić information content (AvgIpc) is 3.24. The molecule has 0 aliphatic heterocycles. The van der Waals surface area contributed by atoms with E-state index in [1.54, 1.807) is 5.82 Å². The molecule has 0 unspecified atom stereocenters. The number of nitrogens with zero attached hydrogens (tertiary/aromatic N) is 2. The molecule has 0 spiro atoms. The number of aryl methyl sites for hydroxylation is 2. The van der Waals surface area contributed by atoms with Crippen LogP contribution in [0.3, 0.4) is 0 Å². The van der Waals surface area contributed by atoms with Gasteiger partial charge in [0.15, 0.2) is 0 Å². The Morgan fingerprint density at radius 3 is 1.35 bits per heavy atom. The summed E-state index contributed by atoms with van der Waals surface area (Å²) in [6.45, 7) is 11.7. The van der Waals surface area contributed by atoms with Crippen LogP contribution in [0.4, 0.5) is 0 Å². The Balaban J connectivity index is 2.09. The molecule has 0 atom stereocenters. The molecule has 2 heteroatoms. The minimum atomic E-state index is 0.607. The van der Waals surface area contributed by atoms with Crippen LogP contribution in [0, 0.1) is 0 Å². The predicted octanol–water partition coefficient (Wildman–Crippen LogP) is 10.5. The Morgan fingerprint density at radius 1 is 0.559 bits per heavy atom. The fourth-order valence-electron chi connectivity index (χ4n) is 5.41. The molecule has 200 valence electrons. The Morgan fingerprint density at radius 2 is 0.941 bits per heavy atom. The van der Waals surface area contributed by atoms with Crippen LogP contribution in [-0.4, -0.2) is 4.57 Å². The van der Waals surface area contributed by atoms with Crippen molar-refractivity contribution in [3.8, 4) is 0 Å². The number of hydrogen-bond donors (Lipinski definition) is 0. The lowest BCUT2D eigenvalue weighted by Crippen LogP contribution is -2.38. The highest BCUT2D eigenvalue weighted by Crippen LogP contribution is 2.15. The topological polar surface area (TPSA) is 8.81 Å². The molecule has 0 saturated carbocycles. The van der Waals surface area contributed by atoms with Gasteiger partial charge in [0.25, 0.3) is 5.82 Å². The maximum Gasteiger partial charge on any atom is 0.258 e. The standard InChI is InChI=1S/C32H63N2/c1-5-7-9-11-13-15-16-17-18-20-22-24-26-28-34-30-29-33(32(34)31(3)4)27-25-23-21-19-14-12-10-8-6-2/h29-31H,5-28H2,1-4H3/q+1. The van der Waals surface area contributed by atoms with E-state index in [1.165, 1.54) is 154 Å². The van der Waals surface area contributed by atoms with Gasteiger partial charge in [0.1, 0.15) is 12.4 Å². The van der Waals surface area contributed by atoms with Crippen LogP contribution in [0.2, 0.25) is 0 Å². The molecule has 1 aromatic heterocycles. The molecule has 0 radical (unpaired) electrons. The first-order chi connectivity index (χ1) is 16.7. The van der Waals surface area contributed by atoms with Crippen LogP contribution in [0.1, 0.15) is 181 Å². The third kappa shape index (κ3) is 16.0. The van der Waals surface area contributed by atoms with Crippen LogP contribution in [0.25, 0.3) is 0 Å². The number of rotatable bonds is 25. The van der Waals surface area contributed by atoms with Crippen molar-refractivity contribution in [2.75, 3.05) is 0 Å². The zero-order valence-electron chi connectivity index (χ0n) is 24.1. The molecular formula is C32H63N2+. The fraction of sp³-hybridized carbons (Fsp3) is 0.906. The molecule has 0 bridgehead atoms. The number of imidazole rings is 1. The maximum absolute atomic E-state index is 2.55. The van der Waals surface area contributed by atoms with E-state index in [9.17, 15) is 0 Å². The van der Waals surface area contributed by atoms with E-state index in [0.29, 0.717) is 5.92 Å². The summed E-state index contributed by atoms with van der Waals surface area (Å²) >= 11 is 0. The second-order valence-corrected chi connectivity index (χ2v) is 11.3. The van der Waals surface area contributed by atoms with Gasteiger partial charge in [-0.3, -0.25) is 0 Å². The summed E-state index contributed by atoms with van der Waals surface area (Å²) in [7, 11) is 0. The first-order valence-electron chi connectivity index (χ1n) is 15.8. The molecule has 0 N–H and O–H groups in total. The van der Waals surface area contributed by atoms with Crippen LogP contribution in [0.5, 0.6) is 0 Å². The van der Waals surface area contributed by atoms with Gasteiger partial charge in [0.2, 0.25) is 0 Å². The second-order valence-electron chi connectivity index (χ2n) is 11.3. The molecular weight excluding hydrogens is 412 g/mol. The SMILES string of the molecule is CCCCCCCCCCCCCCCn1cc[n+](CCCCCCCCCCC)c1C(C)C. The summed E-state index contributed by atoms with van der Waals surface area (Å²) < 4.78 is 5.10. The van der Waals surface area contributed by atoms with Crippen LogP contribution in [-0.2, 0) is 13.1 Å². The summed E-state index contributed by atoms with van der Waals surface area (Å²) in [6.07, 6.45) is 36.0. The third-order valence-electron chi connectivity index (χ3n) is 7.54. The lowest BCUT2D eigenvalue weighted by Gasteiger charge is -2.08. The molecule has 1 heterocycles. The first-order valence-corrected chi connectivity index (χ1v) is 15.8. The van der Waals surface area contributed by atoms with Gasteiger partial charge in [-0.2, -0.15) is 0 Å². The average molecular weight is 476 g/mol. The Kier molecular flexibility index (Phi) is 20.8.